The minimum absolute atomic E-state index is 0.0605. The van der Waals surface area contributed by atoms with Crippen molar-refractivity contribution in [2.75, 3.05) is 6.54 Å². The van der Waals surface area contributed by atoms with Crippen LogP contribution in [0.4, 0.5) is 13.2 Å². The largest absolute Gasteiger partial charge is 0.416 e. The lowest BCUT2D eigenvalue weighted by Crippen LogP contribution is -2.53. The normalized spacial score (nSPS) is 19.5. The Morgan fingerprint density at radius 2 is 1.73 bits per heavy atom. The van der Waals surface area contributed by atoms with Gasteiger partial charge in [0.2, 0.25) is 5.91 Å². The number of carbonyl (C=O) groups excluding carboxylic acids is 2. The third-order valence-corrected chi connectivity index (χ3v) is 6.06. The smallest absolute Gasteiger partial charge is 0.350 e. The van der Waals surface area contributed by atoms with Gasteiger partial charge in [-0.15, -0.1) is 0 Å². The van der Waals surface area contributed by atoms with E-state index in [4.69, 9.17) is 11.6 Å². The summed E-state index contributed by atoms with van der Waals surface area (Å²) in [7, 11) is 0. The third kappa shape index (κ3) is 7.20. The van der Waals surface area contributed by atoms with Gasteiger partial charge in [0.05, 0.1) is 12.1 Å². The molecule has 3 unspecified atom stereocenters. The summed E-state index contributed by atoms with van der Waals surface area (Å²) in [6.45, 7) is 1.73. The van der Waals surface area contributed by atoms with Crippen LogP contribution in [0.2, 0.25) is 5.02 Å². The van der Waals surface area contributed by atoms with Gasteiger partial charge in [0, 0.05) is 28.7 Å². The average Bonchev–Trinajstić information content (AvgIpc) is 2.78. The number of carbonyl (C=O) groups is 2. The Hall–Kier alpha value is -2.58. The van der Waals surface area contributed by atoms with E-state index in [-0.39, 0.29) is 36.1 Å². The Morgan fingerprint density at radius 1 is 1.06 bits per heavy atom. The lowest BCUT2D eigenvalue weighted by Gasteiger charge is -2.35. The highest BCUT2D eigenvalue weighted by Crippen LogP contribution is 2.29. The average molecular weight is 482 g/mol. The van der Waals surface area contributed by atoms with E-state index < -0.39 is 17.6 Å². The fourth-order valence-corrected chi connectivity index (χ4v) is 4.16. The lowest BCUT2D eigenvalue weighted by atomic mass is 9.89. The minimum Gasteiger partial charge on any atom is -0.350 e. The van der Waals surface area contributed by atoms with Crippen LogP contribution < -0.4 is 16.0 Å². The molecular formula is C24H27ClF3N3O2. The molecule has 3 rings (SSSR count). The van der Waals surface area contributed by atoms with Gasteiger partial charge in [-0.25, -0.2) is 0 Å². The van der Waals surface area contributed by atoms with Gasteiger partial charge in [-0.05, 0) is 55.7 Å². The number of rotatable bonds is 7. The quantitative estimate of drug-likeness (QED) is 0.528. The van der Waals surface area contributed by atoms with Crippen LogP contribution in [0.1, 0.15) is 60.1 Å². The van der Waals surface area contributed by atoms with Crippen molar-refractivity contribution in [3.05, 3.63) is 70.2 Å². The molecule has 1 saturated carbocycles. The van der Waals surface area contributed by atoms with Crippen LogP contribution in [-0.2, 0) is 11.0 Å². The molecule has 0 aromatic heterocycles. The number of halogens is 4. The van der Waals surface area contributed by atoms with Gasteiger partial charge in [0.15, 0.2) is 0 Å². The zero-order valence-electron chi connectivity index (χ0n) is 18.2. The highest BCUT2D eigenvalue weighted by atomic mass is 35.5. The topological polar surface area (TPSA) is 70.2 Å². The molecule has 1 fully saturated rings. The summed E-state index contributed by atoms with van der Waals surface area (Å²) in [6.07, 6.45) is -0.809. The molecule has 2 amide bonds. The van der Waals surface area contributed by atoms with Crippen LogP contribution in [-0.4, -0.2) is 30.4 Å². The van der Waals surface area contributed by atoms with Crippen molar-refractivity contribution in [3.63, 3.8) is 0 Å². The number of hydrogen-bond acceptors (Lipinski definition) is 3. The molecule has 9 heteroatoms. The van der Waals surface area contributed by atoms with Crippen molar-refractivity contribution in [2.45, 2.75) is 56.9 Å². The second kappa shape index (κ2) is 11.0. The maximum Gasteiger partial charge on any atom is 0.416 e. The molecule has 1 aliphatic carbocycles. The third-order valence-electron chi connectivity index (χ3n) is 5.81. The van der Waals surface area contributed by atoms with Gasteiger partial charge in [-0.2, -0.15) is 13.2 Å². The summed E-state index contributed by atoms with van der Waals surface area (Å²) in [5.74, 6) is -1.11. The van der Waals surface area contributed by atoms with E-state index in [1.54, 1.807) is 0 Å². The Bertz CT molecular complexity index is 966. The monoisotopic (exact) mass is 481 g/mol. The molecule has 0 radical (unpaired) electrons. The molecule has 178 valence electrons. The first-order valence-corrected chi connectivity index (χ1v) is 11.3. The van der Waals surface area contributed by atoms with Crippen molar-refractivity contribution < 1.29 is 22.8 Å². The first kappa shape index (κ1) is 25.1. The summed E-state index contributed by atoms with van der Waals surface area (Å²) < 4.78 is 38.6. The van der Waals surface area contributed by atoms with E-state index in [9.17, 15) is 22.8 Å². The molecule has 0 spiro atoms. The van der Waals surface area contributed by atoms with Gasteiger partial charge in [-0.1, -0.05) is 42.6 Å². The predicted molar refractivity (Wildman–Crippen MR) is 121 cm³/mol. The molecule has 2 aromatic carbocycles. The zero-order chi connectivity index (χ0) is 24.0. The molecule has 0 saturated heterocycles. The summed E-state index contributed by atoms with van der Waals surface area (Å²) in [4.78, 5) is 24.7. The van der Waals surface area contributed by atoms with Crippen LogP contribution >= 0.6 is 11.6 Å². The molecule has 33 heavy (non-hydrogen) atoms. The van der Waals surface area contributed by atoms with Gasteiger partial charge >= 0.3 is 6.18 Å². The van der Waals surface area contributed by atoms with Crippen LogP contribution in [0.15, 0.2) is 48.5 Å². The molecule has 0 bridgehead atoms. The van der Waals surface area contributed by atoms with E-state index in [1.807, 2.05) is 31.2 Å². The highest BCUT2D eigenvalue weighted by molar-refractivity contribution is 6.30. The molecule has 2 aromatic rings. The molecule has 1 aliphatic rings. The summed E-state index contributed by atoms with van der Waals surface area (Å²) in [5.41, 5.74) is 0.0283. The Kier molecular flexibility index (Phi) is 8.37. The van der Waals surface area contributed by atoms with Crippen LogP contribution in [0.25, 0.3) is 0 Å². The fourth-order valence-electron chi connectivity index (χ4n) is 4.03. The number of hydrogen-bond donors (Lipinski definition) is 3. The molecule has 3 N–H and O–H groups in total. The van der Waals surface area contributed by atoms with E-state index in [0.717, 1.165) is 49.4 Å². The minimum atomic E-state index is -4.54. The van der Waals surface area contributed by atoms with Gasteiger partial charge < -0.3 is 16.0 Å². The Balaban J connectivity index is 1.53. The highest BCUT2D eigenvalue weighted by Gasteiger charge is 2.31. The van der Waals surface area contributed by atoms with Crippen molar-refractivity contribution in [1.29, 1.82) is 0 Å². The molecule has 0 heterocycles. The van der Waals surface area contributed by atoms with Crippen molar-refractivity contribution in [1.82, 2.24) is 16.0 Å². The van der Waals surface area contributed by atoms with Crippen molar-refractivity contribution in [3.8, 4) is 0 Å². The van der Waals surface area contributed by atoms with Crippen molar-refractivity contribution >= 4 is 23.4 Å². The molecule has 5 nitrogen and oxygen atoms in total. The van der Waals surface area contributed by atoms with Crippen molar-refractivity contribution in [2.24, 2.45) is 0 Å². The first-order valence-electron chi connectivity index (χ1n) is 10.9. The second-order valence-corrected chi connectivity index (χ2v) is 8.70. The number of benzene rings is 2. The predicted octanol–water partition coefficient (Wildman–Crippen LogP) is 4.87. The van der Waals surface area contributed by atoms with Gasteiger partial charge in [0.1, 0.15) is 0 Å². The Labute approximate surface area is 196 Å². The van der Waals surface area contributed by atoms with Crippen LogP contribution in [0.5, 0.6) is 0 Å². The maximum absolute atomic E-state index is 12.9. The molecular weight excluding hydrogens is 455 g/mol. The second-order valence-electron chi connectivity index (χ2n) is 8.27. The molecule has 0 aliphatic heterocycles. The molecule has 3 atom stereocenters. The summed E-state index contributed by atoms with van der Waals surface area (Å²) >= 11 is 5.96. The lowest BCUT2D eigenvalue weighted by molar-refractivity contribution is -0.137. The Morgan fingerprint density at radius 3 is 2.39 bits per heavy atom. The maximum atomic E-state index is 12.9. The van der Waals surface area contributed by atoms with E-state index >= 15 is 0 Å². The SMILES string of the molecule is CC(NC1CCCCC1NC(=O)CNC(=O)c1cccc(C(F)(F)F)c1)c1ccc(Cl)cc1. The standard InChI is InChI=1S/C24H27ClF3N3O2/c1-15(16-9-11-19(25)12-10-16)30-20-7-2-3-8-21(20)31-22(32)14-29-23(33)17-5-4-6-18(13-17)24(26,27)28/h4-6,9-13,15,20-21,30H,2-3,7-8,14H2,1H3,(H,29,33)(H,31,32). The van der Waals surface area contributed by atoms with Crippen LogP contribution in [0, 0.1) is 0 Å². The van der Waals surface area contributed by atoms with Gasteiger partial charge in [0.25, 0.3) is 5.91 Å². The summed E-state index contributed by atoms with van der Waals surface area (Å²) in [5, 5.41) is 9.60. The van der Waals surface area contributed by atoms with E-state index in [1.165, 1.54) is 6.07 Å². The van der Waals surface area contributed by atoms with Crippen LogP contribution in [0.3, 0.4) is 0 Å². The fraction of sp³-hybridized carbons (Fsp3) is 0.417. The van der Waals surface area contributed by atoms with Gasteiger partial charge in [-0.3, -0.25) is 9.59 Å². The number of alkyl halides is 3. The zero-order valence-corrected chi connectivity index (χ0v) is 19.0. The number of nitrogens with one attached hydrogen (secondary N) is 3. The summed E-state index contributed by atoms with van der Waals surface area (Å²) in [6, 6.07) is 11.7. The van der Waals surface area contributed by atoms with E-state index in [2.05, 4.69) is 16.0 Å². The van der Waals surface area contributed by atoms with E-state index in [0.29, 0.717) is 5.02 Å². The first-order chi connectivity index (χ1) is 15.6. The number of amides is 2.